The van der Waals surface area contributed by atoms with Crippen LogP contribution in [0.4, 0.5) is 0 Å². The quantitative estimate of drug-likeness (QED) is 0.443. The first-order valence-corrected chi connectivity index (χ1v) is 11.0. The van der Waals surface area contributed by atoms with Crippen LogP contribution >= 0.6 is 11.3 Å². The first kappa shape index (κ1) is 19.4. The van der Waals surface area contributed by atoms with E-state index in [9.17, 15) is 4.79 Å². The van der Waals surface area contributed by atoms with E-state index in [0.29, 0.717) is 25.2 Å². The van der Waals surface area contributed by atoms with E-state index in [1.165, 1.54) is 4.88 Å². The summed E-state index contributed by atoms with van der Waals surface area (Å²) in [6.07, 6.45) is 1.73. The van der Waals surface area contributed by atoms with E-state index < -0.39 is 0 Å². The summed E-state index contributed by atoms with van der Waals surface area (Å²) in [6, 6.07) is 14.0. The summed E-state index contributed by atoms with van der Waals surface area (Å²) in [6.45, 7) is 5.69. The molecule has 5 aromatic rings. The van der Waals surface area contributed by atoms with Crippen LogP contribution in [0.3, 0.4) is 0 Å². The van der Waals surface area contributed by atoms with Gasteiger partial charge < -0.3 is 9.88 Å². The number of fused-ring (bicyclic) bond motifs is 2. The van der Waals surface area contributed by atoms with E-state index in [4.69, 9.17) is 0 Å². The zero-order chi connectivity index (χ0) is 21.4. The van der Waals surface area contributed by atoms with Gasteiger partial charge in [0, 0.05) is 23.7 Å². The van der Waals surface area contributed by atoms with Crippen molar-refractivity contribution in [3.05, 3.63) is 76.0 Å². The average Bonchev–Trinajstić information content (AvgIpc) is 3.48. The Morgan fingerprint density at radius 1 is 1.13 bits per heavy atom. The van der Waals surface area contributed by atoms with Crippen molar-refractivity contribution in [3.63, 3.8) is 0 Å². The van der Waals surface area contributed by atoms with Gasteiger partial charge in [0.25, 0.3) is 5.91 Å². The summed E-state index contributed by atoms with van der Waals surface area (Å²) >= 11 is 1.68. The number of imidazole rings is 1. The Kier molecular flexibility index (Phi) is 4.99. The molecule has 0 spiro atoms. The lowest BCUT2D eigenvalue weighted by atomic mass is 10.1. The number of carbonyl (C=O) groups excluding carboxylic acids is 1. The molecule has 4 heterocycles. The van der Waals surface area contributed by atoms with Crippen molar-refractivity contribution in [1.82, 2.24) is 29.6 Å². The zero-order valence-electron chi connectivity index (χ0n) is 17.4. The van der Waals surface area contributed by atoms with Crippen LogP contribution in [0.15, 0.2) is 54.0 Å². The van der Waals surface area contributed by atoms with E-state index in [1.54, 1.807) is 17.5 Å². The lowest BCUT2D eigenvalue weighted by molar-refractivity contribution is 0.0954. The van der Waals surface area contributed by atoms with Gasteiger partial charge in [-0.1, -0.05) is 18.2 Å². The summed E-state index contributed by atoms with van der Waals surface area (Å²) in [5.41, 5.74) is 4.17. The fourth-order valence-electron chi connectivity index (χ4n) is 3.88. The molecule has 0 fully saturated rings. The molecule has 4 aromatic heterocycles. The van der Waals surface area contributed by atoms with Gasteiger partial charge in [-0.2, -0.15) is 5.10 Å². The van der Waals surface area contributed by atoms with Crippen molar-refractivity contribution in [3.8, 4) is 0 Å². The number of para-hydroxylation sites is 2. The topological polar surface area (TPSA) is 77.6 Å². The van der Waals surface area contributed by atoms with E-state index in [0.717, 1.165) is 33.6 Å². The fourth-order valence-corrected chi connectivity index (χ4v) is 4.57. The summed E-state index contributed by atoms with van der Waals surface area (Å²) in [4.78, 5) is 23.4. The Morgan fingerprint density at radius 2 is 2.00 bits per heavy atom. The second kappa shape index (κ2) is 7.96. The maximum Gasteiger partial charge on any atom is 0.252 e. The van der Waals surface area contributed by atoms with Crippen molar-refractivity contribution in [2.45, 2.75) is 26.9 Å². The highest BCUT2D eigenvalue weighted by Gasteiger charge is 2.16. The van der Waals surface area contributed by atoms with Gasteiger partial charge in [-0.3, -0.25) is 4.79 Å². The molecule has 8 heteroatoms. The Hall–Kier alpha value is -3.52. The number of aryl methyl sites for hydroxylation is 2. The third-order valence-electron chi connectivity index (χ3n) is 5.33. The molecule has 1 N–H and O–H groups in total. The second-order valence-corrected chi connectivity index (χ2v) is 8.52. The lowest BCUT2D eigenvalue weighted by Gasteiger charge is -2.10. The Morgan fingerprint density at radius 3 is 2.84 bits per heavy atom. The number of hydrogen-bond donors (Lipinski definition) is 1. The smallest absolute Gasteiger partial charge is 0.252 e. The molecule has 0 saturated heterocycles. The zero-order valence-corrected chi connectivity index (χ0v) is 18.2. The van der Waals surface area contributed by atoms with E-state index in [2.05, 4.69) is 37.1 Å². The number of nitrogens with one attached hydrogen (secondary N) is 1. The molecule has 0 aliphatic rings. The van der Waals surface area contributed by atoms with Crippen LogP contribution in [0.25, 0.3) is 22.1 Å². The Balaban J connectivity index is 1.36. The molecule has 0 radical (unpaired) electrons. The van der Waals surface area contributed by atoms with Crippen LogP contribution in [0, 0.1) is 13.8 Å². The van der Waals surface area contributed by atoms with Crippen molar-refractivity contribution >= 4 is 39.3 Å². The minimum Gasteiger partial charge on any atom is -0.350 e. The fraction of sp³-hybridized carbons (Fsp3) is 0.217. The van der Waals surface area contributed by atoms with E-state index >= 15 is 0 Å². The minimum absolute atomic E-state index is 0.117. The maximum absolute atomic E-state index is 13.0. The molecule has 0 unspecified atom stereocenters. The molecule has 0 saturated carbocycles. The van der Waals surface area contributed by atoms with Crippen LogP contribution in [0.5, 0.6) is 0 Å². The molecule has 1 aromatic carbocycles. The van der Waals surface area contributed by atoms with Gasteiger partial charge in [0.1, 0.15) is 5.82 Å². The van der Waals surface area contributed by atoms with Crippen molar-refractivity contribution in [2.24, 2.45) is 0 Å². The van der Waals surface area contributed by atoms with Crippen LogP contribution in [-0.4, -0.2) is 36.8 Å². The van der Waals surface area contributed by atoms with Crippen LogP contribution < -0.4 is 5.32 Å². The van der Waals surface area contributed by atoms with Gasteiger partial charge in [-0.15, -0.1) is 11.3 Å². The van der Waals surface area contributed by atoms with Gasteiger partial charge in [0.2, 0.25) is 0 Å². The highest BCUT2D eigenvalue weighted by molar-refractivity contribution is 7.09. The number of benzene rings is 1. The normalized spacial score (nSPS) is 11.4. The number of amides is 1. The summed E-state index contributed by atoms with van der Waals surface area (Å²) in [7, 11) is 0. The van der Waals surface area contributed by atoms with Crippen molar-refractivity contribution in [2.75, 3.05) is 6.54 Å². The molecule has 1 amide bonds. The van der Waals surface area contributed by atoms with Crippen LogP contribution in [0.2, 0.25) is 0 Å². The highest BCUT2D eigenvalue weighted by Crippen LogP contribution is 2.21. The summed E-state index contributed by atoms with van der Waals surface area (Å²) in [5, 5.41) is 10.4. The Labute approximate surface area is 183 Å². The molecule has 0 aliphatic carbocycles. The lowest BCUT2D eigenvalue weighted by Crippen LogP contribution is -2.27. The van der Waals surface area contributed by atoms with Crippen LogP contribution in [0.1, 0.15) is 26.8 Å². The van der Waals surface area contributed by atoms with Gasteiger partial charge in [-0.05, 0) is 43.5 Å². The average molecular weight is 431 g/mol. The number of carbonyl (C=O) groups is 1. The number of rotatable bonds is 6. The number of thiophene rings is 1. The number of nitrogens with zero attached hydrogens (tertiary/aromatic N) is 5. The molecule has 0 aliphatic heterocycles. The van der Waals surface area contributed by atoms with Gasteiger partial charge in [0.15, 0.2) is 5.65 Å². The first-order chi connectivity index (χ1) is 15.1. The first-order valence-electron chi connectivity index (χ1n) is 10.2. The molecule has 156 valence electrons. The molecule has 31 heavy (non-hydrogen) atoms. The van der Waals surface area contributed by atoms with Gasteiger partial charge >= 0.3 is 0 Å². The number of hydrogen-bond acceptors (Lipinski definition) is 5. The van der Waals surface area contributed by atoms with Crippen molar-refractivity contribution in [1.29, 1.82) is 0 Å². The molecular formula is C23H22N6OS. The largest absolute Gasteiger partial charge is 0.350 e. The monoisotopic (exact) mass is 430 g/mol. The number of pyridine rings is 1. The summed E-state index contributed by atoms with van der Waals surface area (Å²) in [5.74, 6) is 0.820. The second-order valence-electron chi connectivity index (χ2n) is 7.49. The van der Waals surface area contributed by atoms with E-state index in [1.807, 2.05) is 54.2 Å². The highest BCUT2D eigenvalue weighted by atomic mass is 32.1. The van der Waals surface area contributed by atoms with Crippen molar-refractivity contribution < 1.29 is 4.79 Å². The molecular weight excluding hydrogens is 408 g/mol. The van der Waals surface area contributed by atoms with Gasteiger partial charge in [-0.25, -0.2) is 14.6 Å². The predicted octanol–water partition coefficient (Wildman–Crippen LogP) is 3.94. The number of aromatic nitrogens is 5. The summed E-state index contributed by atoms with van der Waals surface area (Å²) < 4.78 is 3.98. The Bertz CT molecular complexity index is 1380. The van der Waals surface area contributed by atoms with Gasteiger partial charge in [0.05, 0.1) is 34.7 Å². The third kappa shape index (κ3) is 3.70. The molecule has 5 rings (SSSR count). The minimum atomic E-state index is -0.117. The molecule has 0 bridgehead atoms. The predicted molar refractivity (Wildman–Crippen MR) is 122 cm³/mol. The molecule has 0 atom stereocenters. The maximum atomic E-state index is 13.0. The molecule has 7 nitrogen and oxygen atoms in total. The third-order valence-corrected chi connectivity index (χ3v) is 6.20. The van der Waals surface area contributed by atoms with Crippen LogP contribution in [-0.2, 0) is 13.1 Å². The van der Waals surface area contributed by atoms with E-state index in [-0.39, 0.29) is 5.91 Å². The SMILES string of the molecule is Cc1cc(C(=O)NCCn2c(C)nc3ccccc32)c2cnn(Cc3cccs3)c2n1. The standard InChI is InChI=1S/C23H22N6OS/c1-15-12-18(19-13-25-29(22(19)26-15)14-17-6-5-11-31-17)23(30)24-9-10-28-16(2)27-20-7-3-4-8-21(20)28/h3-8,11-13H,9-10,14H2,1-2H3,(H,24,30).